The highest BCUT2D eigenvalue weighted by Crippen LogP contribution is 2.32. The molecular formula is C13H14N4O2. The zero-order valence-electron chi connectivity index (χ0n) is 10.5. The number of nitrogens with two attached hydrogens (primary N) is 1. The number of benzene rings is 1. The van der Waals surface area contributed by atoms with Gasteiger partial charge in [0.05, 0.1) is 0 Å². The van der Waals surface area contributed by atoms with Crippen LogP contribution in [0.4, 0.5) is 11.8 Å². The molecule has 6 heteroatoms. The molecule has 19 heavy (non-hydrogen) atoms. The van der Waals surface area contributed by atoms with E-state index in [9.17, 15) is 0 Å². The summed E-state index contributed by atoms with van der Waals surface area (Å²) in [5.74, 6) is 2.53. The lowest BCUT2D eigenvalue weighted by Crippen LogP contribution is -2.06. The van der Waals surface area contributed by atoms with Gasteiger partial charge in [-0.2, -0.15) is 4.98 Å². The lowest BCUT2D eigenvalue weighted by atomic mass is 10.2. The van der Waals surface area contributed by atoms with Gasteiger partial charge in [0.25, 0.3) is 0 Å². The van der Waals surface area contributed by atoms with Gasteiger partial charge >= 0.3 is 0 Å². The maximum Gasteiger partial charge on any atom is 0.231 e. The van der Waals surface area contributed by atoms with Gasteiger partial charge in [0.1, 0.15) is 5.82 Å². The van der Waals surface area contributed by atoms with Crippen molar-refractivity contribution >= 4 is 11.8 Å². The summed E-state index contributed by atoms with van der Waals surface area (Å²) in [6, 6.07) is 7.53. The summed E-state index contributed by atoms with van der Waals surface area (Å²) >= 11 is 0. The molecule has 0 amide bonds. The first-order chi connectivity index (χ1) is 9.20. The van der Waals surface area contributed by atoms with Crippen molar-refractivity contribution in [2.45, 2.75) is 13.5 Å². The molecule has 0 unspecified atom stereocenters. The van der Waals surface area contributed by atoms with Crippen LogP contribution in [0.1, 0.15) is 11.3 Å². The first kappa shape index (κ1) is 11.6. The summed E-state index contributed by atoms with van der Waals surface area (Å²) in [4.78, 5) is 8.38. The predicted molar refractivity (Wildman–Crippen MR) is 71.1 cm³/mol. The summed E-state index contributed by atoms with van der Waals surface area (Å²) in [6.45, 7) is 2.76. The minimum absolute atomic E-state index is 0.281. The topological polar surface area (TPSA) is 82.3 Å². The van der Waals surface area contributed by atoms with E-state index in [2.05, 4.69) is 15.3 Å². The second kappa shape index (κ2) is 4.64. The fraction of sp³-hybridized carbons (Fsp3) is 0.231. The molecule has 1 aromatic heterocycles. The van der Waals surface area contributed by atoms with Gasteiger partial charge in [-0.3, -0.25) is 0 Å². The lowest BCUT2D eigenvalue weighted by Gasteiger charge is -2.07. The highest BCUT2D eigenvalue weighted by Gasteiger charge is 2.13. The van der Waals surface area contributed by atoms with Crippen LogP contribution in [-0.2, 0) is 6.54 Å². The van der Waals surface area contributed by atoms with Crippen molar-refractivity contribution in [3.8, 4) is 11.5 Å². The fourth-order valence-corrected chi connectivity index (χ4v) is 1.90. The number of rotatable bonds is 3. The summed E-state index contributed by atoms with van der Waals surface area (Å²) in [5, 5.41) is 3.14. The van der Waals surface area contributed by atoms with Gasteiger partial charge in [-0.25, -0.2) is 4.98 Å². The first-order valence-electron chi connectivity index (χ1n) is 5.94. The molecule has 3 rings (SSSR count). The van der Waals surface area contributed by atoms with Gasteiger partial charge in [-0.15, -0.1) is 0 Å². The number of fused-ring (bicyclic) bond motifs is 1. The van der Waals surface area contributed by atoms with E-state index in [4.69, 9.17) is 15.2 Å². The molecule has 2 aromatic rings. The van der Waals surface area contributed by atoms with Crippen LogP contribution >= 0.6 is 0 Å². The van der Waals surface area contributed by atoms with Gasteiger partial charge in [-0.1, -0.05) is 6.07 Å². The molecule has 0 fully saturated rings. The SMILES string of the molecule is Cc1cc(N)nc(NCc2ccc3c(c2)OCO3)n1. The maximum atomic E-state index is 5.67. The van der Waals surface area contributed by atoms with E-state index >= 15 is 0 Å². The molecule has 1 aliphatic heterocycles. The van der Waals surface area contributed by atoms with Crippen molar-refractivity contribution < 1.29 is 9.47 Å². The van der Waals surface area contributed by atoms with Crippen molar-refractivity contribution in [2.75, 3.05) is 17.8 Å². The molecule has 1 aromatic carbocycles. The summed E-state index contributed by atoms with van der Waals surface area (Å²) in [5.41, 5.74) is 7.57. The third kappa shape index (κ3) is 2.52. The number of ether oxygens (including phenoxy) is 2. The van der Waals surface area contributed by atoms with Crippen molar-refractivity contribution in [3.63, 3.8) is 0 Å². The zero-order valence-corrected chi connectivity index (χ0v) is 10.5. The van der Waals surface area contributed by atoms with E-state index in [0.29, 0.717) is 18.3 Å². The van der Waals surface area contributed by atoms with Crippen LogP contribution < -0.4 is 20.5 Å². The molecule has 0 bridgehead atoms. The fourth-order valence-electron chi connectivity index (χ4n) is 1.90. The number of nitrogens with zero attached hydrogens (tertiary/aromatic N) is 2. The average Bonchev–Trinajstić information content (AvgIpc) is 2.82. The minimum atomic E-state index is 0.281. The zero-order chi connectivity index (χ0) is 13.2. The monoisotopic (exact) mass is 258 g/mol. The molecule has 0 radical (unpaired) electrons. The van der Waals surface area contributed by atoms with Gasteiger partial charge < -0.3 is 20.5 Å². The van der Waals surface area contributed by atoms with Crippen LogP contribution in [0.25, 0.3) is 0 Å². The molecule has 0 saturated heterocycles. The van der Waals surface area contributed by atoms with E-state index in [1.54, 1.807) is 6.07 Å². The standard InChI is InChI=1S/C13H14N4O2/c1-8-4-12(14)17-13(16-8)15-6-9-2-3-10-11(5-9)19-7-18-10/h2-5H,6-7H2,1H3,(H3,14,15,16,17). The number of aromatic nitrogens is 2. The number of nitrogens with one attached hydrogen (secondary N) is 1. The average molecular weight is 258 g/mol. The molecule has 6 nitrogen and oxygen atoms in total. The predicted octanol–water partition coefficient (Wildman–Crippen LogP) is 1.71. The van der Waals surface area contributed by atoms with Crippen LogP contribution in [-0.4, -0.2) is 16.8 Å². The van der Waals surface area contributed by atoms with E-state index in [-0.39, 0.29) is 6.79 Å². The number of nitrogen functional groups attached to an aromatic ring is 1. The van der Waals surface area contributed by atoms with Crippen LogP contribution in [0, 0.1) is 6.92 Å². The van der Waals surface area contributed by atoms with Crippen molar-refractivity contribution in [3.05, 3.63) is 35.5 Å². The Morgan fingerprint density at radius 2 is 2.05 bits per heavy atom. The second-order valence-electron chi connectivity index (χ2n) is 4.30. The number of anilines is 2. The highest BCUT2D eigenvalue weighted by atomic mass is 16.7. The van der Waals surface area contributed by atoms with Gasteiger partial charge in [0.2, 0.25) is 12.7 Å². The normalized spacial score (nSPS) is 12.5. The van der Waals surface area contributed by atoms with Crippen LogP contribution in [0.15, 0.2) is 24.3 Å². The molecule has 0 spiro atoms. The summed E-state index contributed by atoms with van der Waals surface area (Å²) in [7, 11) is 0. The Bertz CT molecular complexity index is 595. The Hall–Kier alpha value is -2.50. The number of hydrogen-bond donors (Lipinski definition) is 2. The number of hydrogen-bond acceptors (Lipinski definition) is 6. The third-order valence-corrected chi connectivity index (χ3v) is 2.76. The molecule has 1 aliphatic rings. The maximum absolute atomic E-state index is 5.67. The highest BCUT2D eigenvalue weighted by molar-refractivity contribution is 5.45. The van der Waals surface area contributed by atoms with Gasteiger partial charge in [-0.05, 0) is 24.6 Å². The molecule has 98 valence electrons. The van der Waals surface area contributed by atoms with E-state index < -0.39 is 0 Å². The quantitative estimate of drug-likeness (QED) is 0.872. The van der Waals surface area contributed by atoms with Crippen molar-refractivity contribution in [2.24, 2.45) is 0 Å². The third-order valence-electron chi connectivity index (χ3n) is 2.76. The lowest BCUT2D eigenvalue weighted by molar-refractivity contribution is 0.174. The molecule has 0 atom stereocenters. The first-order valence-corrected chi connectivity index (χ1v) is 5.94. The molecule has 0 saturated carbocycles. The van der Waals surface area contributed by atoms with E-state index in [0.717, 1.165) is 22.8 Å². The van der Waals surface area contributed by atoms with Gasteiger partial charge in [0, 0.05) is 18.3 Å². The molecule has 3 N–H and O–H groups in total. The molecule has 2 heterocycles. The Balaban J connectivity index is 1.72. The van der Waals surface area contributed by atoms with Crippen LogP contribution in [0.5, 0.6) is 11.5 Å². The Morgan fingerprint density at radius 3 is 2.89 bits per heavy atom. The summed E-state index contributed by atoms with van der Waals surface area (Å²) < 4.78 is 10.6. The Kier molecular flexibility index (Phi) is 2.83. The smallest absolute Gasteiger partial charge is 0.231 e. The second-order valence-corrected chi connectivity index (χ2v) is 4.30. The van der Waals surface area contributed by atoms with E-state index in [1.807, 2.05) is 25.1 Å². The van der Waals surface area contributed by atoms with Crippen molar-refractivity contribution in [1.82, 2.24) is 9.97 Å². The van der Waals surface area contributed by atoms with E-state index in [1.165, 1.54) is 0 Å². The Labute approximate surface area is 110 Å². The molecular weight excluding hydrogens is 244 g/mol. The van der Waals surface area contributed by atoms with Crippen LogP contribution in [0.2, 0.25) is 0 Å². The minimum Gasteiger partial charge on any atom is -0.454 e. The van der Waals surface area contributed by atoms with Crippen molar-refractivity contribution in [1.29, 1.82) is 0 Å². The summed E-state index contributed by atoms with van der Waals surface area (Å²) in [6.07, 6.45) is 0. The van der Waals surface area contributed by atoms with Gasteiger partial charge in [0.15, 0.2) is 11.5 Å². The number of aryl methyl sites for hydroxylation is 1. The van der Waals surface area contributed by atoms with Crippen LogP contribution in [0.3, 0.4) is 0 Å². The largest absolute Gasteiger partial charge is 0.454 e. The molecule has 0 aliphatic carbocycles. The Morgan fingerprint density at radius 1 is 1.21 bits per heavy atom.